The maximum atomic E-state index is 14.2. The van der Waals surface area contributed by atoms with Crippen LogP contribution in [-0.4, -0.2) is 42.5 Å². The highest BCUT2D eigenvalue weighted by Crippen LogP contribution is 2.38. The van der Waals surface area contributed by atoms with Crippen LogP contribution in [0, 0.1) is 17.2 Å². The van der Waals surface area contributed by atoms with Gasteiger partial charge in [-0.05, 0) is 68.2 Å². The van der Waals surface area contributed by atoms with Crippen molar-refractivity contribution in [2.24, 2.45) is 11.3 Å². The van der Waals surface area contributed by atoms with Gasteiger partial charge in [0.2, 0.25) is 5.91 Å². The van der Waals surface area contributed by atoms with Gasteiger partial charge in [-0.15, -0.1) is 0 Å². The van der Waals surface area contributed by atoms with E-state index in [0.717, 1.165) is 44.3 Å². The Hall–Kier alpha value is -2.89. The molecule has 1 fully saturated rings. The number of para-hydroxylation sites is 1. The summed E-state index contributed by atoms with van der Waals surface area (Å²) in [6, 6.07) is 14.2. The Morgan fingerprint density at radius 3 is 2.53 bits per heavy atom. The first-order valence-corrected chi connectivity index (χ1v) is 13.4. The van der Waals surface area contributed by atoms with Gasteiger partial charge in [0.05, 0.1) is 17.0 Å². The predicted octanol–water partition coefficient (Wildman–Crippen LogP) is 5.77. The van der Waals surface area contributed by atoms with Crippen molar-refractivity contribution in [2.45, 2.75) is 71.3 Å². The molecule has 0 bridgehead atoms. The van der Waals surface area contributed by atoms with Crippen LogP contribution in [0.3, 0.4) is 0 Å². The summed E-state index contributed by atoms with van der Waals surface area (Å²) in [4.78, 5) is 28.5. The van der Waals surface area contributed by atoms with Crippen molar-refractivity contribution in [2.75, 3.05) is 19.7 Å². The van der Waals surface area contributed by atoms with Crippen molar-refractivity contribution in [3.63, 3.8) is 0 Å². The second-order valence-electron chi connectivity index (χ2n) is 10.8. The van der Waals surface area contributed by atoms with Crippen molar-refractivity contribution >= 4 is 11.8 Å². The highest BCUT2D eigenvalue weighted by Gasteiger charge is 2.42. The Kier molecular flexibility index (Phi) is 8.65. The van der Waals surface area contributed by atoms with Crippen LogP contribution in [0.25, 0.3) is 0 Å². The van der Waals surface area contributed by atoms with Gasteiger partial charge in [0.15, 0.2) is 0 Å². The average Bonchev–Trinajstić information content (AvgIpc) is 2.88. The molecule has 0 saturated carbocycles. The maximum absolute atomic E-state index is 14.2. The van der Waals surface area contributed by atoms with Crippen LogP contribution in [0.5, 0.6) is 5.75 Å². The first-order chi connectivity index (χ1) is 17.4. The van der Waals surface area contributed by atoms with Crippen molar-refractivity contribution in [3.05, 3.63) is 65.5 Å². The van der Waals surface area contributed by atoms with Gasteiger partial charge in [0.1, 0.15) is 18.2 Å². The third kappa shape index (κ3) is 6.26. The van der Waals surface area contributed by atoms with E-state index in [1.807, 2.05) is 12.1 Å². The molecule has 0 aliphatic carbocycles. The minimum absolute atomic E-state index is 0.0715. The van der Waals surface area contributed by atoms with Crippen molar-refractivity contribution < 1.29 is 18.7 Å². The van der Waals surface area contributed by atoms with Gasteiger partial charge in [0.25, 0.3) is 5.91 Å². The minimum atomic E-state index is -0.512. The van der Waals surface area contributed by atoms with E-state index in [0.29, 0.717) is 38.5 Å². The van der Waals surface area contributed by atoms with Gasteiger partial charge in [-0.25, -0.2) is 4.39 Å². The molecule has 4 rings (SSSR count). The quantitative estimate of drug-likeness (QED) is 0.589. The fourth-order valence-corrected chi connectivity index (χ4v) is 5.61. The molecular formula is C30H39FN2O3. The van der Waals surface area contributed by atoms with Crippen molar-refractivity contribution in [1.82, 2.24) is 10.2 Å². The Morgan fingerprint density at radius 2 is 1.78 bits per heavy atom. The maximum Gasteiger partial charge on any atom is 0.256 e. The van der Waals surface area contributed by atoms with E-state index in [1.165, 1.54) is 17.7 Å². The molecular weight excluding hydrogens is 455 g/mol. The zero-order valence-corrected chi connectivity index (χ0v) is 21.6. The fourth-order valence-electron chi connectivity index (χ4n) is 5.61. The summed E-state index contributed by atoms with van der Waals surface area (Å²) in [5.41, 5.74) is 0.810. The van der Waals surface area contributed by atoms with Gasteiger partial charge in [-0.3, -0.25) is 9.59 Å². The van der Waals surface area contributed by atoms with Crippen LogP contribution in [0.1, 0.15) is 74.7 Å². The standard InChI is InChI=1S/C30H39FN2O3/c1-22(2)20-24-21-36-27-14-8-5-11-23(27)10-4-3-9-15-30(29(35)32-24)16-18-33(19-17-30)28(34)25-12-6-7-13-26(25)31/h5-8,11-14,22,24H,3-4,9-10,15-21H2,1-2H3,(H,32,35)/t24-/m0/s1. The Morgan fingerprint density at radius 1 is 1.06 bits per heavy atom. The molecule has 6 heteroatoms. The average molecular weight is 495 g/mol. The van der Waals surface area contributed by atoms with E-state index in [-0.39, 0.29) is 23.4 Å². The normalized spacial score (nSPS) is 20.9. The number of amides is 2. The molecule has 2 amide bonds. The van der Waals surface area contributed by atoms with Crippen LogP contribution in [0.4, 0.5) is 4.39 Å². The van der Waals surface area contributed by atoms with Crippen LogP contribution in [0.2, 0.25) is 0 Å². The number of aryl methyl sites for hydroxylation is 1. The predicted molar refractivity (Wildman–Crippen MR) is 139 cm³/mol. The Balaban J connectivity index is 1.50. The van der Waals surface area contributed by atoms with E-state index >= 15 is 0 Å². The van der Waals surface area contributed by atoms with Crippen molar-refractivity contribution in [3.8, 4) is 5.75 Å². The molecule has 2 aliphatic heterocycles. The molecule has 2 heterocycles. The molecule has 2 aromatic carbocycles. The van der Waals surface area contributed by atoms with Crippen LogP contribution < -0.4 is 10.1 Å². The lowest BCUT2D eigenvalue weighted by Gasteiger charge is -2.41. The summed E-state index contributed by atoms with van der Waals surface area (Å²) in [6.07, 6.45) is 6.83. The van der Waals surface area contributed by atoms with Crippen LogP contribution in [-0.2, 0) is 11.2 Å². The summed E-state index contributed by atoms with van der Waals surface area (Å²) in [5.74, 6) is 0.606. The summed E-state index contributed by atoms with van der Waals surface area (Å²) < 4.78 is 20.5. The molecule has 2 aliphatic rings. The molecule has 36 heavy (non-hydrogen) atoms. The monoisotopic (exact) mass is 494 g/mol. The zero-order chi connectivity index (χ0) is 25.5. The fraction of sp³-hybridized carbons (Fsp3) is 0.533. The number of carbonyl (C=O) groups excluding carboxylic acids is 2. The van der Waals surface area contributed by atoms with Crippen LogP contribution >= 0.6 is 0 Å². The summed E-state index contributed by atoms with van der Waals surface area (Å²) in [5, 5.41) is 3.34. The first kappa shape index (κ1) is 26.2. The van der Waals surface area contributed by atoms with Gasteiger partial charge < -0.3 is 15.0 Å². The Labute approximate surface area is 214 Å². The molecule has 194 valence electrons. The lowest BCUT2D eigenvalue weighted by Crippen LogP contribution is -2.53. The molecule has 0 unspecified atom stereocenters. The van der Waals surface area contributed by atoms with E-state index in [9.17, 15) is 14.0 Å². The molecule has 0 radical (unpaired) electrons. The number of rotatable bonds is 3. The lowest BCUT2D eigenvalue weighted by molar-refractivity contribution is -0.135. The highest BCUT2D eigenvalue weighted by molar-refractivity contribution is 5.94. The zero-order valence-electron chi connectivity index (χ0n) is 21.6. The van der Waals surface area contributed by atoms with Crippen molar-refractivity contribution in [1.29, 1.82) is 0 Å². The van der Waals surface area contributed by atoms with Gasteiger partial charge in [0, 0.05) is 13.1 Å². The number of benzene rings is 2. The second-order valence-corrected chi connectivity index (χ2v) is 10.8. The molecule has 5 nitrogen and oxygen atoms in total. The van der Waals surface area contributed by atoms with E-state index < -0.39 is 11.2 Å². The number of halogens is 1. The topological polar surface area (TPSA) is 58.6 Å². The Bertz CT molecular complexity index is 1050. The van der Waals surface area contributed by atoms with E-state index in [2.05, 4.69) is 31.3 Å². The summed E-state index contributed by atoms with van der Waals surface area (Å²) >= 11 is 0. The lowest BCUT2D eigenvalue weighted by atomic mass is 9.73. The smallest absolute Gasteiger partial charge is 0.256 e. The largest absolute Gasteiger partial charge is 0.491 e. The molecule has 2 aromatic rings. The van der Waals surface area contributed by atoms with E-state index in [1.54, 1.807) is 17.0 Å². The third-order valence-electron chi connectivity index (χ3n) is 7.70. The highest BCUT2D eigenvalue weighted by atomic mass is 19.1. The number of fused-ring (bicyclic) bond motifs is 1. The third-order valence-corrected chi connectivity index (χ3v) is 7.70. The van der Waals surface area contributed by atoms with E-state index in [4.69, 9.17) is 4.74 Å². The molecule has 0 aromatic heterocycles. The van der Waals surface area contributed by atoms with Gasteiger partial charge in [-0.2, -0.15) is 0 Å². The SMILES string of the molecule is CC(C)C[C@H]1COc2ccccc2CCCCCC2(CCN(C(=O)c3ccccc3F)CC2)C(=O)N1. The number of carbonyl (C=O) groups is 2. The number of hydrogen-bond acceptors (Lipinski definition) is 3. The summed E-state index contributed by atoms with van der Waals surface area (Å²) in [7, 11) is 0. The van der Waals surface area contributed by atoms with Gasteiger partial charge >= 0.3 is 0 Å². The first-order valence-electron chi connectivity index (χ1n) is 13.4. The number of nitrogens with zero attached hydrogens (tertiary/aromatic N) is 1. The molecule has 1 N–H and O–H groups in total. The number of hydrogen-bond donors (Lipinski definition) is 1. The molecule has 1 spiro atoms. The number of nitrogens with one attached hydrogen (secondary N) is 1. The second kappa shape index (κ2) is 11.9. The van der Waals surface area contributed by atoms with Crippen LogP contribution in [0.15, 0.2) is 48.5 Å². The number of piperidine rings is 1. The number of ether oxygens (including phenoxy) is 1. The molecule has 1 saturated heterocycles. The minimum Gasteiger partial charge on any atom is -0.491 e. The summed E-state index contributed by atoms with van der Waals surface area (Å²) in [6.45, 7) is 5.66. The molecule has 1 atom stereocenters. The van der Waals surface area contributed by atoms with Gasteiger partial charge in [-0.1, -0.05) is 57.0 Å². The number of likely N-dealkylation sites (tertiary alicyclic amines) is 1.